The Morgan fingerprint density at radius 2 is 2.14 bits per heavy atom. The van der Waals surface area contributed by atoms with Gasteiger partial charge in [0.25, 0.3) is 0 Å². The van der Waals surface area contributed by atoms with Crippen LogP contribution in [0.2, 0.25) is 0 Å². The van der Waals surface area contributed by atoms with E-state index in [1.54, 1.807) is 11.3 Å². The number of rotatable bonds is 7. The Hall–Kier alpha value is -1.46. The average molecular weight is 304 g/mol. The molecule has 0 aromatic carbocycles. The Balaban J connectivity index is 1.99. The summed E-state index contributed by atoms with van der Waals surface area (Å²) in [5, 5.41) is 3.46. The summed E-state index contributed by atoms with van der Waals surface area (Å²) in [6, 6.07) is 4.55. The highest BCUT2D eigenvalue weighted by Gasteiger charge is 2.09. The van der Waals surface area contributed by atoms with E-state index in [9.17, 15) is 0 Å². The molecule has 5 heteroatoms. The predicted octanol–water partition coefficient (Wildman–Crippen LogP) is 3.54. The third-order valence-corrected chi connectivity index (χ3v) is 4.50. The van der Waals surface area contributed by atoms with E-state index in [4.69, 9.17) is 0 Å². The molecule has 0 radical (unpaired) electrons. The predicted molar refractivity (Wildman–Crippen MR) is 89.9 cm³/mol. The minimum atomic E-state index is 0.299. The Labute approximate surface area is 131 Å². The molecule has 1 atom stereocenters. The molecule has 21 heavy (non-hydrogen) atoms. The van der Waals surface area contributed by atoms with Crippen molar-refractivity contribution in [2.75, 3.05) is 18.5 Å². The van der Waals surface area contributed by atoms with Crippen molar-refractivity contribution in [3.8, 4) is 0 Å². The first-order chi connectivity index (χ1) is 10.1. The number of nitrogens with one attached hydrogen (secondary N) is 1. The molecule has 0 bridgehead atoms. The van der Waals surface area contributed by atoms with Crippen molar-refractivity contribution in [2.24, 2.45) is 0 Å². The van der Waals surface area contributed by atoms with Gasteiger partial charge < -0.3 is 10.2 Å². The SMILES string of the molecule is CCCNC(C)c1ccc(N(C)Cc2scnc2C)cn1. The highest BCUT2D eigenvalue weighted by atomic mass is 32.1. The summed E-state index contributed by atoms with van der Waals surface area (Å²) in [5.74, 6) is 0. The number of thiazole rings is 1. The van der Waals surface area contributed by atoms with Gasteiger partial charge in [0.05, 0.1) is 35.3 Å². The molecule has 0 saturated heterocycles. The van der Waals surface area contributed by atoms with Crippen molar-refractivity contribution < 1.29 is 0 Å². The minimum absolute atomic E-state index is 0.299. The van der Waals surface area contributed by atoms with Gasteiger partial charge in [-0.1, -0.05) is 6.92 Å². The van der Waals surface area contributed by atoms with Crippen LogP contribution in [0, 0.1) is 6.92 Å². The van der Waals surface area contributed by atoms with Crippen molar-refractivity contribution >= 4 is 17.0 Å². The standard InChI is InChI=1S/C16H24N4S/c1-5-8-17-12(2)15-7-6-14(9-18-15)20(4)10-16-13(3)19-11-21-16/h6-7,9,11-12,17H,5,8,10H2,1-4H3. The zero-order valence-corrected chi connectivity index (χ0v) is 14.1. The van der Waals surface area contributed by atoms with Gasteiger partial charge in [-0.05, 0) is 38.9 Å². The molecule has 4 nitrogen and oxygen atoms in total. The zero-order valence-electron chi connectivity index (χ0n) is 13.3. The number of aromatic nitrogens is 2. The molecule has 2 aromatic heterocycles. The van der Waals surface area contributed by atoms with Crippen LogP contribution >= 0.6 is 11.3 Å². The molecule has 2 heterocycles. The van der Waals surface area contributed by atoms with Gasteiger partial charge in [0.2, 0.25) is 0 Å². The normalized spacial score (nSPS) is 12.4. The van der Waals surface area contributed by atoms with E-state index in [-0.39, 0.29) is 0 Å². The molecule has 0 amide bonds. The first kappa shape index (κ1) is 15.9. The second kappa shape index (κ2) is 7.52. The fourth-order valence-corrected chi connectivity index (χ4v) is 2.96. The molecule has 0 aliphatic rings. The van der Waals surface area contributed by atoms with E-state index in [1.165, 1.54) is 4.88 Å². The summed E-state index contributed by atoms with van der Waals surface area (Å²) in [4.78, 5) is 12.4. The maximum absolute atomic E-state index is 4.59. The van der Waals surface area contributed by atoms with Crippen molar-refractivity contribution in [1.82, 2.24) is 15.3 Å². The average Bonchev–Trinajstić information content (AvgIpc) is 2.90. The Bertz CT molecular complexity index is 550. The van der Waals surface area contributed by atoms with Gasteiger partial charge >= 0.3 is 0 Å². The zero-order chi connectivity index (χ0) is 15.2. The molecule has 0 fully saturated rings. The summed E-state index contributed by atoms with van der Waals surface area (Å²) in [6.07, 6.45) is 3.09. The van der Waals surface area contributed by atoms with E-state index >= 15 is 0 Å². The van der Waals surface area contributed by atoms with E-state index in [0.29, 0.717) is 6.04 Å². The first-order valence-corrected chi connectivity index (χ1v) is 8.29. The van der Waals surface area contributed by atoms with Crippen molar-refractivity contribution in [3.63, 3.8) is 0 Å². The monoisotopic (exact) mass is 304 g/mol. The molecule has 2 aromatic rings. The number of hydrogen-bond donors (Lipinski definition) is 1. The van der Waals surface area contributed by atoms with Gasteiger partial charge in [0.15, 0.2) is 0 Å². The molecular formula is C16H24N4S. The lowest BCUT2D eigenvalue weighted by Crippen LogP contribution is -2.21. The molecule has 0 spiro atoms. The molecule has 0 saturated carbocycles. The summed E-state index contributed by atoms with van der Waals surface area (Å²) in [6.45, 7) is 8.28. The summed E-state index contributed by atoms with van der Waals surface area (Å²) in [5.41, 5.74) is 5.25. The van der Waals surface area contributed by atoms with Crippen LogP contribution in [0.15, 0.2) is 23.8 Å². The number of hydrogen-bond acceptors (Lipinski definition) is 5. The van der Waals surface area contributed by atoms with Crippen LogP contribution in [0.25, 0.3) is 0 Å². The molecule has 1 unspecified atom stereocenters. The smallest absolute Gasteiger partial charge is 0.0798 e. The van der Waals surface area contributed by atoms with Crippen molar-refractivity contribution in [2.45, 2.75) is 39.8 Å². The van der Waals surface area contributed by atoms with E-state index in [2.05, 4.69) is 60.1 Å². The van der Waals surface area contributed by atoms with Crippen LogP contribution in [-0.4, -0.2) is 23.6 Å². The number of aryl methyl sites for hydroxylation is 1. The number of nitrogens with zero attached hydrogens (tertiary/aromatic N) is 3. The lowest BCUT2D eigenvalue weighted by Gasteiger charge is -2.19. The van der Waals surface area contributed by atoms with E-state index < -0.39 is 0 Å². The summed E-state index contributed by atoms with van der Waals surface area (Å²) >= 11 is 1.71. The number of anilines is 1. The Morgan fingerprint density at radius 1 is 1.33 bits per heavy atom. The van der Waals surface area contributed by atoms with Crippen LogP contribution in [0.1, 0.15) is 42.6 Å². The van der Waals surface area contributed by atoms with E-state index in [1.807, 2.05) is 11.7 Å². The fraction of sp³-hybridized carbons (Fsp3) is 0.500. The van der Waals surface area contributed by atoms with Gasteiger partial charge in [-0.2, -0.15) is 0 Å². The van der Waals surface area contributed by atoms with Crippen LogP contribution in [0.4, 0.5) is 5.69 Å². The highest BCUT2D eigenvalue weighted by molar-refractivity contribution is 7.09. The topological polar surface area (TPSA) is 41.0 Å². The molecule has 114 valence electrons. The molecule has 0 aliphatic carbocycles. The second-order valence-corrected chi connectivity index (χ2v) is 6.27. The van der Waals surface area contributed by atoms with Gasteiger partial charge in [-0.15, -0.1) is 11.3 Å². The van der Waals surface area contributed by atoms with Crippen LogP contribution < -0.4 is 10.2 Å². The first-order valence-electron chi connectivity index (χ1n) is 7.41. The third kappa shape index (κ3) is 4.25. The molecule has 1 N–H and O–H groups in total. The summed E-state index contributed by atoms with van der Waals surface area (Å²) in [7, 11) is 2.09. The van der Waals surface area contributed by atoms with Crippen LogP contribution in [0.5, 0.6) is 0 Å². The quantitative estimate of drug-likeness (QED) is 0.849. The second-order valence-electron chi connectivity index (χ2n) is 5.33. The Morgan fingerprint density at radius 3 is 2.71 bits per heavy atom. The van der Waals surface area contributed by atoms with Crippen molar-refractivity contribution in [3.05, 3.63) is 40.1 Å². The lowest BCUT2D eigenvalue weighted by molar-refractivity contribution is 0.558. The van der Waals surface area contributed by atoms with Crippen LogP contribution in [-0.2, 0) is 6.54 Å². The lowest BCUT2D eigenvalue weighted by atomic mass is 10.2. The molecular weight excluding hydrogens is 280 g/mol. The number of pyridine rings is 1. The van der Waals surface area contributed by atoms with Crippen LogP contribution in [0.3, 0.4) is 0 Å². The fourth-order valence-electron chi connectivity index (χ4n) is 2.13. The molecule has 0 aliphatic heterocycles. The maximum atomic E-state index is 4.59. The largest absolute Gasteiger partial charge is 0.368 e. The van der Waals surface area contributed by atoms with Gasteiger partial charge in [0.1, 0.15) is 0 Å². The van der Waals surface area contributed by atoms with Gasteiger partial charge in [-0.25, -0.2) is 4.98 Å². The highest BCUT2D eigenvalue weighted by Crippen LogP contribution is 2.20. The van der Waals surface area contributed by atoms with Crippen molar-refractivity contribution in [1.29, 1.82) is 0 Å². The Kier molecular flexibility index (Phi) is 5.70. The third-order valence-electron chi connectivity index (χ3n) is 3.58. The summed E-state index contributed by atoms with van der Waals surface area (Å²) < 4.78 is 0. The van der Waals surface area contributed by atoms with Gasteiger partial charge in [0, 0.05) is 18.0 Å². The molecule has 2 rings (SSSR count). The van der Waals surface area contributed by atoms with E-state index in [0.717, 1.165) is 36.6 Å². The van der Waals surface area contributed by atoms with Gasteiger partial charge in [-0.3, -0.25) is 4.98 Å². The maximum Gasteiger partial charge on any atom is 0.0798 e. The minimum Gasteiger partial charge on any atom is -0.368 e.